The normalized spacial score (nSPS) is 18.4. The fourth-order valence-corrected chi connectivity index (χ4v) is 6.86. The zero-order valence-corrected chi connectivity index (χ0v) is 16.8. The van der Waals surface area contributed by atoms with Crippen molar-refractivity contribution >= 4 is 54.0 Å². The van der Waals surface area contributed by atoms with Crippen molar-refractivity contribution < 1.29 is 22.0 Å². The van der Waals surface area contributed by atoms with E-state index in [1.165, 1.54) is 10.4 Å². The van der Waals surface area contributed by atoms with E-state index in [-0.39, 0.29) is 26.1 Å². The van der Waals surface area contributed by atoms with Crippen molar-refractivity contribution in [3.05, 3.63) is 41.3 Å². The first-order valence-electron chi connectivity index (χ1n) is 8.48. The quantitative estimate of drug-likeness (QED) is 0.665. The van der Waals surface area contributed by atoms with Gasteiger partial charge in [0.25, 0.3) is 10.0 Å². The Morgan fingerprint density at radius 3 is 2.86 bits per heavy atom. The smallest absolute Gasteiger partial charge is 0.253 e. The number of hydrogen-bond donors (Lipinski definition) is 1. The molecular weight excluding hydrogens is 428 g/mol. The minimum absolute atomic E-state index is 0.0339. The van der Waals surface area contributed by atoms with E-state index < -0.39 is 33.6 Å². The van der Waals surface area contributed by atoms with Gasteiger partial charge in [0.2, 0.25) is 5.91 Å². The molecule has 3 heterocycles. The highest BCUT2D eigenvalue weighted by molar-refractivity contribution is 7.91. The summed E-state index contributed by atoms with van der Waals surface area (Å²) in [6, 6.07) is 4.14. The molecule has 1 fully saturated rings. The molecule has 11 heteroatoms. The van der Waals surface area contributed by atoms with Gasteiger partial charge in [-0.2, -0.15) is 4.31 Å². The number of halogens is 2. The molecule has 1 amide bonds. The standard InChI is InChI=1S/C17H15F2N3O3S3/c18-10-8-11(19)15-13(9-10)27-17(20-15)21-16(23)12-4-1-2-6-22(12)28(24,25)14-5-3-7-26-14/h3,5,7-9,12H,1-2,4,6H2,(H,20,21,23). The molecule has 4 rings (SSSR count). The summed E-state index contributed by atoms with van der Waals surface area (Å²) in [6.45, 7) is 0.248. The van der Waals surface area contributed by atoms with Crippen molar-refractivity contribution in [2.75, 3.05) is 11.9 Å². The average Bonchev–Trinajstić information content (AvgIpc) is 3.32. The first kappa shape index (κ1) is 19.4. The maximum atomic E-state index is 13.8. The lowest BCUT2D eigenvalue weighted by Crippen LogP contribution is -2.49. The van der Waals surface area contributed by atoms with Gasteiger partial charge in [0, 0.05) is 12.6 Å². The Hall–Kier alpha value is -1.95. The van der Waals surface area contributed by atoms with Crippen LogP contribution in [0, 0.1) is 11.6 Å². The summed E-state index contributed by atoms with van der Waals surface area (Å²) in [5.41, 5.74) is -0.0339. The van der Waals surface area contributed by atoms with E-state index in [0.29, 0.717) is 19.3 Å². The fourth-order valence-electron chi connectivity index (χ4n) is 3.18. The van der Waals surface area contributed by atoms with Crippen molar-refractivity contribution in [3.8, 4) is 0 Å². The molecule has 1 unspecified atom stereocenters. The predicted molar refractivity (Wildman–Crippen MR) is 104 cm³/mol. The second kappa shape index (κ2) is 7.47. The van der Waals surface area contributed by atoms with E-state index in [0.717, 1.165) is 34.8 Å². The highest BCUT2D eigenvalue weighted by atomic mass is 32.2. The molecular formula is C17H15F2N3O3S3. The van der Waals surface area contributed by atoms with Crippen LogP contribution in [0.25, 0.3) is 10.2 Å². The van der Waals surface area contributed by atoms with Gasteiger partial charge in [-0.25, -0.2) is 22.2 Å². The number of piperidine rings is 1. The highest BCUT2D eigenvalue weighted by Gasteiger charge is 2.38. The summed E-state index contributed by atoms with van der Waals surface area (Å²) in [7, 11) is -3.78. The van der Waals surface area contributed by atoms with Crippen LogP contribution in [0.2, 0.25) is 0 Å². The molecule has 3 aromatic rings. The number of sulfonamides is 1. The van der Waals surface area contributed by atoms with E-state index in [2.05, 4.69) is 10.3 Å². The number of anilines is 1. The minimum Gasteiger partial charge on any atom is -0.301 e. The Morgan fingerprint density at radius 1 is 1.29 bits per heavy atom. The minimum atomic E-state index is -3.78. The molecule has 1 atom stereocenters. The van der Waals surface area contributed by atoms with Crippen LogP contribution in [0.5, 0.6) is 0 Å². The van der Waals surface area contributed by atoms with E-state index in [1.807, 2.05) is 0 Å². The number of thiophene rings is 1. The highest BCUT2D eigenvalue weighted by Crippen LogP contribution is 2.31. The number of amides is 1. The summed E-state index contributed by atoms with van der Waals surface area (Å²) in [5.74, 6) is -2.07. The van der Waals surface area contributed by atoms with Gasteiger partial charge in [-0.1, -0.05) is 23.8 Å². The first-order valence-corrected chi connectivity index (χ1v) is 11.6. The van der Waals surface area contributed by atoms with Crippen molar-refractivity contribution in [1.82, 2.24) is 9.29 Å². The molecule has 0 saturated carbocycles. The van der Waals surface area contributed by atoms with Gasteiger partial charge in [-0.3, -0.25) is 4.79 Å². The van der Waals surface area contributed by atoms with Crippen LogP contribution in [-0.4, -0.2) is 36.2 Å². The number of carbonyl (C=O) groups excluding carboxylic acids is 1. The fraction of sp³-hybridized carbons (Fsp3) is 0.294. The van der Waals surface area contributed by atoms with E-state index in [9.17, 15) is 22.0 Å². The molecule has 2 aromatic heterocycles. The van der Waals surface area contributed by atoms with Gasteiger partial charge in [0.1, 0.15) is 21.6 Å². The zero-order chi connectivity index (χ0) is 19.9. The van der Waals surface area contributed by atoms with Crippen molar-refractivity contribution in [3.63, 3.8) is 0 Å². The molecule has 1 saturated heterocycles. The summed E-state index contributed by atoms with van der Waals surface area (Å²) >= 11 is 2.03. The number of nitrogens with zero attached hydrogens (tertiary/aromatic N) is 2. The van der Waals surface area contributed by atoms with Gasteiger partial charge in [-0.15, -0.1) is 11.3 Å². The first-order chi connectivity index (χ1) is 13.4. The SMILES string of the molecule is O=C(Nc1nc2c(F)cc(F)cc2s1)C1CCCCN1S(=O)(=O)c1cccs1. The summed E-state index contributed by atoms with van der Waals surface area (Å²) < 4.78 is 54.6. The van der Waals surface area contributed by atoms with Crippen molar-refractivity contribution in [1.29, 1.82) is 0 Å². The predicted octanol–water partition coefficient (Wildman–Crippen LogP) is 3.82. The van der Waals surface area contributed by atoms with Crippen LogP contribution in [0.4, 0.5) is 13.9 Å². The Balaban J connectivity index is 1.60. The Kier molecular flexibility index (Phi) is 5.17. The third-order valence-corrected chi connectivity index (χ3v) is 8.66. The Morgan fingerprint density at radius 2 is 2.11 bits per heavy atom. The zero-order valence-electron chi connectivity index (χ0n) is 14.4. The molecule has 28 heavy (non-hydrogen) atoms. The third-order valence-electron chi connectivity index (χ3n) is 4.46. The number of benzene rings is 1. The number of aromatic nitrogens is 1. The lowest BCUT2D eigenvalue weighted by Gasteiger charge is -2.32. The number of fused-ring (bicyclic) bond motifs is 1. The second-order valence-electron chi connectivity index (χ2n) is 6.30. The van der Waals surface area contributed by atoms with Crippen LogP contribution in [-0.2, 0) is 14.8 Å². The number of rotatable bonds is 4. The molecule has 1 aromatic carbocycles. The second-order valence-corrected chi connectivity index (χ2v) is 10.4. The molecule has 6 nitrogen and oxygen atoms in total. The van der Waals surface area contributed by atoms with E-state index in [4.69, 9.17) is 0 Å². The van der Waals surface area contributed by atoms with Crippen molar-refractivity contribution in [2.24, 2.45) is 0 Å². The average molecular weight is 444 g/mol. The summed E-state index contributed by atoms with van der Waals surface area (Å²) in [4.78, 5) is 16.8. The van der Waals surface area contributed by atoms with Gasteiger partial charge < -0.3 is 5.32 Å². The topological polar surface area (TPSA) is 79.4 Å². The maximum absolute atomic E-state index is 13.8. The number of thiazole rings is 1. The van der Waals surface area contributed by atoms with E-state index >= 15 is 0 Å². The van der Waals surface area contributed by atoms with Crippen LogP contribution in [0.3, 0.4) is 0 Å². The van der Waals surface area contributed by atoms with Crippen LogP contribution >= 0.6 is 22.7 Å². The number of carbonyl (C=O) groups is 1. The third kappa shape index (κ3) is 3.54. The Bertz CT molecular complexity index is 1130. The number of hydrogen-bond acceptors (Lipinski definition) is 6. The molecule has 1 aliphatic heterocycles. The molecule has 0 aliphatic carbocycles. The molecule has 0 bridgehead atoms. The summed E-state index contributed by atoms with van der Waals surface area (Å²) in [6.07, 6.45) is 1.76. The molecule has 148 valence electrons. The molecule has 1 N–H and O–H groups in total. The van der Waals surface area contributed by atoms with Gasteiger partial charge in [0.15, 0.2) is 10.9 Å². The molecule has 0 radical (unpaired) electrons. The maximum Gasteiger partial charge on any atom is 0.253 e. The lowest BCUT2D eigenvalue weighted by atomic mass is 10.0. The van der Waals surface area contributed by atoms with Gasteiger partial charge >= 0.3 is 0 Å². The van der Waals surface area contributed by atoms with E-state index in [1.54, 1.807) is 11.4 Å². The largest absolute Gasteiger partial charge is 0.301 e. The monoisotopic (exact) mass is 443 g/mol. The number of nitrogens with one attached hydrogen (secondary N) is 1. The summed E-state index contributed by atoms with van der Waals surface area (Å²) in [5, 5.41) is 4.34. The molecule has 0 spiro atoms. The Labute approximate surface area is 167 Å². The van der Waals surface area contributed by atoms with Crippen molar-refractivity contribution in [2.45, 2.75) is 29.5 Å². The molecule has 1 aliphatic rings. The van der Waals surface area contributed by atoms with Crippen LogP contribution < -0.4 is 5.32 Å². The lowest BCUT2D eigenvalue weighted by molar-refractivity contribution is -0.120. The van der Waals surface area contributed by atoms with Gasteiger partial charge in [0.05, 0.1) is 4.70 Å². The van der Waals surface area contributed by atoms with Gasteiger partial charge in [-0.05, 0) is 30.4 Å². The van der Waals surface area contributed by atoms with Crippen LogP contribution in [0.1, 0.15) is 19.3 Å². The van der Waals surface area contributed by atoms with Crippen LogP contribution in [0.15, 0.2) is 33.9 Å².